The van der Waals surface area contributed by atoms with Crippen LogP contribution in [0.25, 0.3) is 0 Å². The van der Waals surface area contributed by atoms with E-state index in [1.54, 1.807) is 43.0 Å². The predicted octanol–water partition coefficient (Wildman–Crippen LogP) is 2.68. The van der Waals surface area contributed by atoms with Crippen LogP contribution in [0.4, 0.5) is 5.69 Å². The Morgan fingerprint density at radius 3 is 2.61 bits per heavy atom. The molecular weight excluding hydrogens is 226 g/mol. The third-order valence-corrected chi connectivity index (χ3v) is 2.32. The zero-order valence-electron chi connectivity index (χ0n) is 10.00. The number of hydrogen-bond donors (Lipinski definition) is 1. The molecule has 0 aliphatic heterocycles. The molecule has 0 atom stereocenters. The number of hydrogen-bond acceptors (Lipinski definition) is 4. The van der Waals surface area contributed by atoms with Gasteiger partial charge in [0.05, 0.1) is 0 Å². The molecule has 2 aromatic heterocycles. The monoisotopic (exact) mass is 239 g/mol. The van der Waals surface area contributed by atoms with Crippen LogP contribution in [0.1, 0.15) is 17.3 Å². The number of nitrogens with one attached hydrogen (secondary N) is 1. The van der Waals surface area contributed by atoms with Gasteiger partial charge < -0.3 is 5.32 Å². The number of carbonyl (C=O) groups is 1. The molecule has 0 amide bonds. The average molecular weight is 239 g/mol. The van der Waals surface area contributed by atoms with Gasteiger partial charge in [-0.15, -0.1) is 0 Å². The molecule has 1 N–H and O–H groups in total. The molecule has 0 aliphatic rings. The van der Waals surface area contributed by atoms with Crippen molar-refractivity contribution >= 4 is 11.5 Å². The van der Waals surface area contributed by atoms with E-state index in [0.717, 1.165) is 11.4 Å². The normalized spacial score (nSPS) is 11.1. The Labute approximate surface area is 105 Å². The molecule has 0 saturated heterocycles. The van der Waals surface area contributed by atoms with E-state index in [1.165, 1.54) is 0 Å². The molecule has 4 heteroatoms. The molecule has 0 aliphatic carbocycles. The maximum Gasteiger partial charge on any atom is 0.189 e. The number of rotatable bonds is 4. The van der Waals surface area contributed by atoms with Crippen molar-refractivity contribution in [3.8, 4) is 0 Å². The van der Waals surface area contributed by atoms with Crippen LogP contribution in [-0.4, -0.2) is 15.8 Å². The second kappa shape index (κ2) is 5.72. The van der Waals surface area contributed by atoms with E-state index in [-0.39, 0.29) is 5.78 Å². The summed E-state index contributed by atoms with van der Waals surface area (Å²) in [5, 5.41) is 3.12. The van der Waals surface area contributed by atoms with E-state index in [4.69, 9.17) is 0 Å². The summed E-state index contributed by atoms with van der Waals surface area (Å²) in [6.45, 7) is 1.84. The van der Waals surface area contributed by atoms with Crippen molar-refractivity contribution in [1.29, 1.82) is 0 Å². The lowest BCUT2D eigenvalue weighted by atomic mass is 10.1. The molecule has 0 aromatic carbocycles. The number of ketones is 1. The maximum atomic E-state index is 11.9. The van der Waals surface area contributed by atoms with Gasteiger partial charge in [-0.25, -0.2) is 0 Å². The fourth-order valence-electron chi connectivity index (χ4n) is 1.49. The highest BCUT2D eigenvalue weighted by atomic mass is 16.1. The fourth-order valence-corrected chi connectivity index (χ4v) is 1.49. The number of carbonyl (C=O) groups excluding carboxylic acids is 1. The van der Waals surface area contributed by atoms with E-state index in [0.29, 0.717) is 5.56 Å². The van der Waals surface area contributed by atoms with Crippen molar-refractivity contribution in [2.75, 3.05) is 5.32 Å². The summed E-state index contributed by atoms with van der Waals surface area (Å²) in [7, 11) is 0. The van der Waals surface area contributed by atoms with Gasteiger partial charge in [-0.2, -0.15) is 0 Å². The van der Waals surface area contributed by atoms with Gasteiger partial charge in [-0.05, 0) is 31.2 Å². The molecule has 0 unspecified atom stereocenters. The predicted molar refractivity (Wildman–Crippen MR) is 70.2 cm³/mol. The van der Waals surface area contributed by atoms with Crippen LogP contribution in [0.15, 0.2) is 60.8 Å². The molecule has 2 heterocycles. The van der Waals surface area contributed by atoms with E-state index < -0.39 is 0 Å². The van der Waals surface area contributed by atoms with Crippen molar-refractivity contribution in [1.82, 2.24) is 9.97 Å². The fraction of sp³-hybridized carbons (Fsp3) is 0.0714. The Balaban J connectivity index is 2.07. The largest absolute Gasteiger partial charge is 0.359 e. The quantitative estimate of drug-likeness (QED) is 0.658. The molecule has 0 radical (unpaired) electrons. The van der Waals surface area contributed by atoms with Gasteiger partial charge in [0.2, 0.25) is 0 Å². The molecule has 0 saturated carbocycles. The summed E-state index contributed by atoms with van der Waals surface area (Å²) in [6.07, 6.45) is 8.13. The van der Waals surface area contributed by atoms with E-state index >= 15 is 0 Å². The molecule has 2 aromatic rings. The number of anilines is 1. The molecule has 0 spiro atoms. The van der Waals surface area contributed by atoms with Gasteiger partial charge in [-0.3, -0.25) is 14.8 Å². The molecule has 2 rings (SSSR count). The van der Waals surface area contributed by atoms with Gasteiger partial charge in [0, 0.05) is 47.8 Å². The summed E-state index contributed by atoms with van der Waals surface area (Å²) in [6, 6.07) is 7.16. The third-order valence-electron chi connectivity index (χ3n) is 2.32. The highest BCUT2D eigenvalue weighted by Crippen LogP contribution is 2.08. The highest BCUT2D eigenvalue weighted by molar-refractivity contribution is 6.04. The molecule has 0 fully saturated rings. The van der Waals surface area contributed by atoms with Crippen molar-refractivity contribution < 1.29 is 4.79 Å². The average Bonchev–Trinajstić information content (AvgIpc) is 2.40. The van der Waals surface area contributed by atoms with Gasteiger partial charge in [0.25, 0.3) is 0 Å². The standard InChI is InChI=1S/C14H13N3O/c1-11(17-13-4-7-15-8-5-13)9-14(18)12-3-2-6-16-10-12/h2-10H,1H3,(H,15,17). The van der Waals surface area contributed by atoms with Crippen LogP contribution in [0, 0.1) is 0 Å². The summed E-state index contributed by atoms with van der Waals surface area (Å²) in [5.41, 5.74) is 2.25. The lowest BCUT2D eigenvalue weighted by Crippen LogP contribution is -2.01. The van der Waals surface area contributed by atoms with Crippen molar-refractivity contribution in [3.05, 3.63) is 66.4 Å². The molecular formula is C14H13N3O. The third kappa shape index (κ3) is 3.25. The van der Waals surface area contributed by atoms with Crippen molar-refractivity contribution in [2.24, 2.45) is 0 Å². The van der Waals surface area contributed by atoms with Crippen LogP contribution in [0.2, 0.25) is 0 Å². The molecule has 0 bridgehead atoms. The molecule has 90 valence electrons. The maximum absolute atomic E-state index is 11.9. The number of allylic oxidation sites excluding steroid dienone is 2. The van der Waals surface area contributed by atoms with Crippen LogP contribution in [-0.2, 0) is 0 Å². The topological polar surface area (TPSA) is 54.9 Å². The Bertz CT molecular complexity index is 550. The second-order valence-electron chi connectivity index (χ2n) is 3.79. The Hall–Kier alpha value is -2.49. The molecule has 18 heavy (non-hydrogen) atoms. The minimum absolute atomic E-state index is 0.0674. The van der Waals surface area contributed by atoms with E-state index in [1.807, 2.05) is 19.1 Å². The first-order valence-electron chi connectivity index (χ1n) is 5.55. The zero-order chi connectivity index (χ0) is 12.8. The summed E-state index contributed by atoms with van der Waals surface area (Å²) in [5.74, 6) is -0.0674. The number of nitrogens with zero attached hydrogens (tertiary/aromatic N) is 2. The summed E-state index contributed by atoms with van der Waals surface area (Å²) < 4.78 is 0. The van der Waals surface area contributed by atoms with Crippen LogP contribution in [0.5, 0.6) is 0 Å². The first-order chi connectivity index (χ1) is 8.75. The van der Waals surface area contributed by atoms with Crippen molar-refractivity contribution in [2.45, 2.75) is 6.92 Å². The minimum Gasteiger partial charge on any atom is -0.359 e. The van der Waals surface area contributed by atoms with Crippen LogP contribution in [0.3, 0.4) is 0 Å². The summed E-state index contributed by atoms with van der Waals surface area (Å²) in [4.78, 5) is 19.7. The first-order valence-corrected chi connectivity index (χ1v) is 5.55. The van der Waals surface area contributed by atoms with Crippen LogP contribution < -0.4 is 5.32 Å². The second-order valence-corrected chi connectivity index (χ2v) is 3.79. The SMILES string of the molecule is CC(=CC(=O)c1cccnc1)Nc1ccncc1. The Morgan fingerprint density at radius 1 is 1.17 bits per heavy atom. The smallest absolute Gasteiger partial charge is 0.189 e. The zero-order valence-corrected chi connectivity index (χ0v) is 10.00. The highest BCUT2D eigenvalue weighted by Gasteiger charge is 2.02. The van der Waals surface area contributed by atoms with Gasteiger partial charge in [0.1, 0.15) is 0 Å². The van der Waals surface area contributed by atoms with Gasteiger partial charge in [-0.1, -0.05) is 0 Å². The number of pyridine rings is 2. The minimum atomic E-state index is -0.0674. The summed E-state index contributed by atoms with van der Waals surface area (Å²) >= 11 is 0. The van der Waals surface area contributed by atoms with Gasteiger partial charge in [0.15, 0.2) is 5.78 Å². The van der Waals surface area contributed by atoms with E-state index in [9.17, 15) is 4.79 Å². The lowest BCUT2D eigenvalue weighted by Gasteiger charge is -2.05. The van der Waals surface area contributed by atoms with Gasteiger partial charge >= 0.3 is 0 Å². The lowest BCUT2D eigenvalue weighted by molar-refractivity contribution is 0.104. The Morgan fingerprint density at radius 2 is 1.94 bits per heavy atom. The van der Waals surface area contributed by atoms with Crippen molar-refractivity contribution in [3.63, 3.8) is 0 Å². The molecule has 4 nitrogen and oxygen atoms in total. The van der Waals surface area contributed by atoms with E-state index in [2.05, 4.69) is 15.3 Å². The number of aromatic nitrogens is 2. The van der Waals surface area contributed by atoms with Crippen LogP contribution >= 0.6 is 0 Å². The Kier molecular flexibility index (Phi) is 3.81. The first kappa shape index (κ1) is 12.0.